The van der Waals surface area contributed by atoms with E-state index in [0.29, 0.717) is 33.4 Å². The predicted octanol–water partition coefficient (Wildman–Crippen LogP) is 5.25. The Morgan fingerprint density at radius 2 is 1.62 bits per heavy atom. The molecule has 8 heteroatoms. The van der Waals surface area contributed by atoms with Crippen molar-refractivity contribution in [1.82, 2.24) is 9.58 Å². The number of hydrazine groups is 1. The van der Waals surface area contributed by atoms with E-state index < -0.39 is 28.7 Å². The van der Waals surface area contributed by atoms with Crippen molar-refractivity contribution in [3.05, 3.63) is 38.6 Å². The van der Waals surface area contributed by atoms with Gasteiger partial charge >= 0.3 is 0 Å². The molecule has 0 saturated heterocycles. The smallest absolute Gasteiger partial charge is 0.284 e. The average molecular weight is 508 g/mol. The Hall–Kier alpha value is -2.19. The highest BCUT2D eigenvalue weighted by atomic mass is 79.9. The third kappa shape index (κ3) is 6.42. The van der Waals surface area contributed by atoms with E-state index in [4.69, 9.17) is 5.84 Å². The van der Waals surface area contributed by atoms with Crippen LogP contribution in [0.2, 0.25) is 0 Å². The van der Waals surface area contributed by atoms with Gasteiger partial charge < -0.3 is 9.67 Å². The summed E-state index contributed by atoms with van der Waals surface area (Å²) < 4.78 is 2.07. The molecule has 1 aromatic carbocycles. The van der Waals surface area contributed by atoms with Crippen LogP contribution in [0.5, 0.6) is 5.75 Å². The molecule has 32 heavy (non-hydrogen) atoms. The molecule has 2 amide bonds. The summed E-state index contributed by atoms with van der Waals surface area (Å²) in [6.45, 7) is 4.26. The lowest BCUT2D eigenvalue weighted by atomic mass is 10.1. The maximum absolute atomic E-state index is 12.9. The highest BCUT2D eigenvalue weighted by molar-refractivity contribution is 9.10. The normalized spacial score (nSPS) is 11.1. The van der Waals surface area contributed by atoms with Gasteiger partial charge in [-0.15, -0.1) is 0 Å². The fraction of sp³-hybridized carbons (Fsp3) is 0.542. The van der Waals surface area contributed by atoms with E-state index in [9.17, 15) is 19.5 Å². The van der Waals surface area contributed by atoms with Gasteiger partial charge in [-0.1, -0.05) is 74.2 Å². The number of amides is 2. The third-order valence-electron chi connectivity index (χ3n) is 5.71. The number of fused-ring (bicyclic) bond motifs is 1. The first-order valence-electron chi connectivity index (χ1n) is 11.5. The van der Waals surface area contributed by atoms with Gasteiger partial charge in [-0.05, 0) is 31.5 Å². The molecule has 0 fully saturated rings. The molecular formula is C24H34BrN3O4. The minimum atomic E-state index is -0.988. The number of aromatic hydroxyl groups is 1. The lowest BCUT2D eigenvalue weighted by Crippen LogP contribution is -2.45. The summed E-state index contributed by atoms with van der Waals surface area (Å²) in [5.41, 5.74) is -0.657. The number of rotatable bonds is 12. The van der Waals surface area contributed by atoms with Gasteiger partial charge in [-0.25, -0.2) is 10.9 Å². The Morgan fingerprint density at radius 1 is 1.03 bits per heavy atom. The second-order valence-corrected chi connectivity index (χ2v) is 9.00. The summed E-state index contributed by atoms with van der Waals surface area (Å²) >= 11 is 3.33. The SMILES string of the molecule is CCCCCCCCCCCC(=O)N(N)C(=O)c1c(O)c2cc(Br)ccc2n(CC)c1=O. The van der Waals surface area contributed by atoms with E-state index in [1.54, 1.807) is 25.1 Å². The summed E-state index contributed by atoms with van der Waals surface area (Å²) in [6.07, 6.45) is 10.1. The van der Waals surface area contributed by atoms with Crippen molar-refractivity contribution in [2.24, 2.45) is 5.84 Å². The molecule has 0 aliphatic rings. The topological polar surface area (TPSA) is 106 Å². The summed E-state index contributed by atoms with van der Waals surface area (Å²) in [5, 5.41) is 11.5. The third-order valence-corrected chi connectivity index (χ3v) is 6.21. The van der Waals surface area contributed by atoms with Gasteiger partial charge in [-0.2, -0.15) is 0 Å². The number of halogens is 1. The first-order chi connectivity index (χ1) is 15.3. The van der Waals surface area contributed by atoms with Crippen LogP contribution in [0.3, 0.4) is 0 Å². The van der Waals surface area contributed by atoms with E-state index in [1.807, 2.05) is 0 Å². The fourth-order valence-corrected chi connectivity index (χ4v) is 4.22. The van der Waals surface area contributed by atoms with E-state index >= 15 is 0 Å². The summed E-state index contributed by atoms with van der Waals surface area (Å²) in [5.74, 6) is 3.76. The summed E-state index contributed by atoms with van der Waals surface area (Å²) in [6, 6.07) is 5.06. The maximum Gasteiger partial charge on any atom is 0.284 e. The quantitative estimate of drug-likeness (QED) is 0.176. The zero-order valence-corrected chi connectivity index (χ0v) is 20.6. The van der Waals surface area contributed by atoms with Crippen molar-refractivity contribution >= 4 is 38.6 Å². The molecule has 1 heterocycles. The number of unbranched alkanes of at least 4 members (excludes halogenated alkanes) is 8. The van der Waals surface area contributed by atoms with Crippen LogP contribution in [0.4, 0.5) is 0 Å². The van der Waals surface area contributed by atoms with Crippen molar-refractivity contribution in [2.75, 3.05) is 0 Å². The van der Waals surface area contributed by atoms with Gasteiger partial charge in [0.1, 0.15) is 11.3 Å². The molecule has 176 valence electrons. The van der Waals surface area contributed by atoms with Gasteiger partial charge in [0.2, 0.25) is 5.91 Å². The first kappa shape index (κ1) is 26.1. The van der Waals surface area contributed by atoms with E-state index in [-0.39, 0.29) is 6.42 Å². The second-order valence-electron chi connectivity index (χ2n) is 8.08. The van der Waals surface area contributed by atoms with Gasteiger partial charge in [0.25, 0.3) is 11.5 Å². The Kier molecular flexibility index (Phi) is 10.4. The molecule has 0 atom stereocenters. The van der Waals surface area contributed by atoms with Crippen molar-refractivity contribution < 1.29 is 14.7 Å². The van der Waals surface area contributed by atoms with Gasteiger partial charge in [-0.3, -0.25) is 14.4 Å². The first-order valence-corrected chi connectivity index (χ1v) is 12.3. The number of imide groups is 1. The number of pyridine rings is 1. The Balaban J connectivity index is 2.03. The van der Waals surface area contributed by atoms with Crippen LogP contribution >= 0.6 is 15.9 Å². The number of aryl methyl sites for hydroxylation is 1. The zero-order valence-electron chi connectivity index (χ0n) is 19.0. The minimum absolute atomic E-state index is 0.125. The van der Waals surface area contributed by atoms with Crippen molar-refractivity contribution in [3.63, 3.8) is 0 Å². The van der Waals surface area contributed by atoms with Gasteiger partial charge in [0.05, 0.1) is 5.52 Å². The molecule has 0 bridgehead atoms. The van der Waals surface area contributed by atoms with E-state index in [2.05, 4.69) is 22.9 Å². The van der Waals surface area contributed by atoms with Crippen molar-refractivity contribution in [1.29, 1.82) is 0 Å². The number of hydrogen-bond acceptors (Lipinski definition) is 5. The molecule has 0 spiro atoms. The van der Waals surface area contributed by atoms with Crippen LogP contribution in [0.15, 0.2) is 27.5 Å². The van der Waals surface area contributed by atoms with E-state index in [0.717, 1.165) is 19.3 Å². The van der Waals surface area contributed by atoms with Gasteiger partial charge in [0, 0.05) is 22.8 Å². The van der Waals surface area contributed by atoms with Crippen LogP contribution in [0.1, 0.15) is 88.4 Å². The number of benzene rings is 1. The van der Waals surface area contributed by atoms with Crippen LogP contribution in [0, 0.1) is 0 Å². The number of nitrogens with two attached hydrogens (primary N) is 1. The molecule has 0 radical (unpaired) electrons. The standard InChI is InChI=1S/C24H34BrN3O4/c1-3-5-6-7-8-9-10-11-12-13-20(29)28(26)24(32)21-22(30)18-16-17(25)14-15-19(18)27(4-2)23(21)31/h14-16,30H,3-13,26H2,1-2H3. The van der Waals surface area contributed by atoms with Gasteiger partial charge in [0.15, 0.2) is 0 Å². The van der Waals surface area contributed by atoms with Crippen LogP contribution in [-0.4, -0.2) is 26.5 Å². The summed E-state index contributed by atoms with van der Waals surface area (Å²) in [7, 11) is 0. The molecule has 2 aromatic rings. The van der Waals surface area contributed by atoms with Crippen molar-refractivity contribution in [2.45, 2.75) is 84.6 Å². The predicted molar refractivity (Wildman–Crippen MR) is 130 cm³/mol. The number of carbonyl (C=O) groups excluding carboxylic acids is 2. The lowest BCUT2D eigenvalue weighted by molar-refractivity contribution is -0.129. The Labute approximate surface area is 197 Å². The zero-order chi connectivity index (χ0) is 23.7. The lowest BCUT2D eigenvalue weighted by Gasteiger charge is -2.18. The van der Waals surface area contributed by atoms with Crippen molar-refractivity contribution in [3.8, 4) is 5.75 Å². The average Bonchev–Trinajstić information content (AvgIpc) is 2.78. The second kappa shape index (κ2) is 12.7. The number of hydrogen-bond donors (Lipinski definition) is 2. The Bertz CT molecular complexity index is 1000. The number of carbonyl (C=O) groups is 2. The Morgan fingerprint density at radius 3 is 2.22 bits per heavy atom. The van der Waals surface area contributed by atoms with E-state index in [1.165, 1.54) is 36.7 Å². The highest BCUT2D eigenvalue weighted by Gasteiger charge is 2.28. The number of aromatic nitrogens is 1. The maximum atomic E-state index is 12.9. The fourth-order valence-electron chi connectivity index (χ4n) is 3.86. The molecule has 7 nitrogen and oxygen atoms in total. The molecule has 0 aliphatic heterocycles. The highest BCUT2D eigenvalue weighted by Crippen LogP contribution is 2.29. The minimum Gasteiger partial charge on any atom is -0.506 e. The molecule has 0 unspecified atom stereocenters. The number of nitrogens with zero attached hydrogens (tertiary/aromatic N) is 2. The molecule has 1 aromatic heterocycles. The summed E-state index contributed by atoms with van der Waals surface area (Å²) in [4.78, 5) is 38.2. The monoisotopic (exact) mass is 507 g/mol. The van der Waals surface area contributed by atoms with Crippen LogP contribution in [0.25, 0.3) is 10.9 Å². The van der Waals surface area contributed by atoms with Crippen LogP contribution in [-0.2, 0) is 11.3 Å². The molecular weight excluding hydrogens is 474 g/mol. The molecule has 0 aliphatic carbocycles. The largest absolute Gasteiger partial charge is 0.506 e. The van der Waals surface area contributed by atoms with Crippen LogP contribution < -0.4 is 11.4 Å². The molecule has 2 rings (SSSR count). The molecule has 3 N–H and O–H groups in total. The molecule has 0 saturated carbocycles.